The molecule has 0 aromatic rings. The zero-order chi connectivity index (χ0) is 24.1. The number of aliphatic carboxylic acids is 1. The fraction of sp³-hybridized carbons (Fsp3) is 0.900. The van der Waals surface area contributed by atoms with Crippen LogP contribution in [0.4, 0.5) is 0 Å². The van der Waals surface area contributed by atoms with E-state index < -0.39 is 11.4 Å². The summed E-state index contributed by atoms with van der Waals surface area (Å²) in [5.41, 5.74) is 1.32. The van der Waals surface area contributed by atoms with E-state index in [4.69, 9.17) is 0 Å². The lowest BCUT2D eigenvalue weighted by molar-refractivity contribution is -0.191. The average Bonchev–Trinajstić information content (AvgIpc) is 2.75. The summed E-state index contributed by atoms with van der Waals surface area (Å²) in [6.07, 6.45) is 10.5. The van der Waals surface area contributed by atoms with Crippen molar-refractivity contribution in [2.45, 2.75) is 106 Å². The van der Waals surface area contributed by atoms with Crippen molar-refractivity contribution in [2.24, 2.45) is 63.1 Å². The van der Waals surface area contributed by atoms with E-state index in [1.165, 1.54) is 12.0 Å². The van der Waals surface area contributed by atoms with Crippen LogP contribution in [-0.2, 0) is 4.79 Å². The van der Waals surface area contributed by atoms with E-state index in [-0.39, 0.29) is 28.3 Å². The van der Waals surface area contributed by atoms with Crippen LogP contribution in [0.2, 0.25) is 0 Å². The molecule has 0 aliphatic heterocycles. The van der Waals surface area contributed by atoms with Crippen molar-refractivity contribution in [3.05, 3.63) is 11.6 Å². The van der Waals surface area contributed by atoms with Gasteiger partial charge in [0.25, 0.3) is 0 Å². The maximum absolute atomic E-state index is 12.8. The Labute approximate surface area is 201 Å². The van der Waals surface area contributed by atoms with Gasteiger partial charge in [0.1, 0.15) is 0 Å². The van der Waals surface area contributed by atoms with E-state index in [9.17, 15) is 15.0 Å². The molecule has 0 saturated heterocycles. The number of carboxylic acid groups (broad SMARTS) is 1. The Bertz CT molecular complexity index is 859. The summed E-state index contributed by atoms with van der Waals surface area (Å²) >= 11 is 0. The minimum atomic E-state index is -0.550. The van der Waals surface area contributed by atoms with Crippen molar-refractivity contribution in [2.75, 3.05) is 0 Å². The molecule has 4 unspecified atom stereocenters. The Hall–Kier alpha value is -0.830. The van der Waals surface area contributed by atoms with Gasteiger partial charge in [0.05, 0.1) is 11.5 Å². The molecule has 186 valence electrons. The van der Waals surface area contributed by atoms with Crippen molar-refractivity contribution in [1.29, 1.82) is 0 Å². The number of aliphatic hydroxyl groups excluding tert-OH is 1. The highest BCUT2D eigenvalue weighted by molar-refractivity contribution is 5.76. The summed E-state index contributed by atoms with van der Waals surface area (Å²) < 4.78 is 0. The fourth-order valence-electron chi connectivity index (χ4n) is 10.8. The minimum absolute atomic E-state index is 0.0323. The van der Waals surface area contributed by atoms with E-state index in [0.717, 1.165) is 44.9 Å². The average molecular weight is 457 g/mol. The van der Waals surface area contributed by atoms with Crippen molar-refractivity contribution in [3.8, 4) is 0 Å². The molecule has 2 N–H and O–H groups in total. The second-order valence-electron chi connectivity index (χ2n) is 14.4. The van der Waals surface area contributed by atoms with Crippen molar-refractivity contribution in [3.63, 3.8) is 0 Å². The molecule has 3 heteroatoms. The number of allylic oxidation sites excluding steroid dienone is 2. The van der Waals surface area contributed by atoms with Crippen LogP contribution in [-0.4, -0.2) is 22.3 Å². The van der Waals surface area contributed by atoms with Gasteiger partial charge in [0.15, 0.2) is 0 Å². The molecule has 0 spiro atoms. The summed E-state index contributed by atoms with van der Waals surface area (Å²) in [6, 6.07) is 0. The quantitative estimate of drug-likeness (QED) is 0.420. The van der Waals surface area contributed by atoms with Crippen molar-refractivity contribution >= 4 is 5.97 Å². The van der Waals surface area contributed by atoms with Crippen LogP contribution in [0.3, 0.4) is 0 Å². The molecule has 3 nitrogen and oxygen atoms in total. The van der Waals surface area contributed by atoms with Crippen LogP contribution < -0.4 is 0 Å². The lowest BCUT2D eigenvalue weighted by Crippen LogP contribution is -2.63. The molecule has 11 atom stereocenters. The Balaban J connectivity index is 1.60. The first kappa shape index (κ1) is 23.9. The standard InChI is InChI=1S/C30H48O3/c1-17-10-13-30(26(32)33)15-14-29(7)21(25(30)19(17)3)9-8-20-24(29)18(2)16-22-27(4,5)23(31)11-12-28(20,22)6/h9,17-20,22-25,31H,8,10-16H2,1-7H3,(H,32,33)/t17-,18+,19+,20?,22+,23?,24?,25?,28-,29-,30+/m1/s1. The van der Waals surface area contributed by atoms with Crippen LogP contribution in [0.25, 0.3) is 0 Å². The van der Waals surface area contributed by atoms with Crippen LogP contribution in [0.15, 0.2) is 11.6 Å². The highest BCUT2D eigenvalue weighted by Crippen LogP contribution is 2.72. The third-order valence-electron chi connectivity index (χ3n) is 12.9. The highest BCUT2D eigenvalue weighted by Gasteiger charge is 2.67. The maximum atomic E-state index is 12.8. The molecular formula is C30H48O3. The molecule has 5 aliphatic rings. The molecule has 4 saturated carbocycles. The zero-order valence-corrected chi connectivity index (χ0v) is 22.2. The van der Waals surface area contributed by atoms with E-state index in [1.807, 2.05) is 0 Å². The molecule has 0 heterocycles. The molecule has 4 fully saturated rings. The summed E-state index contributed by atoms with van der Waals surface area (Å²) in [7, 11) is 0. The summed E-state index contributed by atoms with van der Waals surface area (Å²) in [6.45, 7) is 16.9. The van der Waals surface area contributed by atoms with Gasteiger partial charge in [-0.25, -0.2) is 0 Å². The number of aliphatic hydroxyl groups is 1. The summed E-state index contributed by atoms with van der Waals surface area (Å²) in [5.74, 6) is 3.11. The first-order valence-electron chi connectivity index (χ1n) is 13.9. The normalized spacial score (nSPS) is 55.3. The molecule has 0 radical (unpaired) electrons. The number of fused-ring (bicyclic) bond motifs is 7. The van der Waals surface area contributed by atoms with Gasteiger partial charge >= 0.3 is 5.97 Å². The Morgan fingerprint density at radius 1 is 0.970 bits per heavy atom. The van der Waals surface area contributed by atoms with Gasteiger partial charge in [-0.1, -0.05) is 60.1 Å². The molecule has 5 aliphatic carbocycles. The van der Waals surface area contributed by atoms with E-state index in [1.54, 1.807) is 0 Å². The largest absolute Gasteiger partial charge is 0.481 e. The van der Waals surface area contributed by atoms with Crippen LogP contribution in [0.1, 0.15) is 99.8 Å². The second-order valence-corrected chi connectivity index (χ2v) is 14.4. The first-order chi connectivity index (χ1) is 15.3. The zero-order valence-electron chi connectivity index (χ0n) is 22.2. The smallest absolute Gasteiger partial charge is 0.310 e. The second kappa shape index (κ2) is 7.34. The van der Waals surface area contributed by atoms with Gasteiger partial charge < -0.3 is 10.2 Å². The number of hydrogen-bond acceptors (Lipinski definition) is 2. The van der Waals surface area contributed by atoms with Gasteiger partial charge in [0, 0.05) is 0 Å². The SMILES string of the molecule is C[C@@H]1CC[C@]2(C(=O)O)CC[C@]3(C)C(=CCC4C3[C@@H](C)C[C@H]3C(C)(C)C(O)CC[C@]43C)C2[C@H]1C. The van der Waals surface area contributed by atoms with Crippen LogP contribution in [0, 0.1) is 63.1 Å². The van der Waals surface area contributed by atoms with Crippen LogP contribution in [0.5, 0.6) is 0 Å². The number of carbonyl (C=O) groups is 1. The molecule has 0 aromatic heterocycles. The predicted octanol–water partition coefficient (Wildman–Crippen LogP) is 6.95. The number of carboxylic acids is 1. The van der Waals surface area contributed by atoms with Gasteiger partial charge in [-0.05, 0) is 109 Å². The summed E-state index contributed by atoms with van der Waals surface area (Å²) in [4.78, 5) is 12.8. The van der Waals surface area contributed by atoms with E-state index >= 15 is 0 Å². The first-order valence-corrected chi connectivity index (χ1v) is 13.9. The van der Waals surface area contributed by atoms with Crippen LogP contribution >= 0.6 is 0 Å². The van der Waals surface area contributed by atoms with Crippen molar-refractivity contribution in [1.82, 2.24) is 0 Å². The lowest BCUT2D eigenvalue weighted by Gasteiger charge is -2.68. The topological polar surface area (TPSA) is 57.5 Å². The third-order valence-corrected chi connectivity index (χ3v) is 12.9. The molecule has 33 heavy (non-hydrogen) atoms. The Morgan fingerprint density at radius 3 is 2.33 bits per heavy atom. The maximum Gasteiger partial charge on any atom is 0.310 e. The van der Waals surface area contributed by atoms with Crippen molar-refractivity contribution < 1.29 is 15.0 Å². The number of hydrogen-bond donors (Lipinski definition) is 2. The van der Waals surface area contributed by atoms with E-state index in [2.05, 4.69) is 54.5 Å². The molecule has 5 rings (SSSR count). The summed E-state index contributed by atoms with van der Waals surface area (Å²) in [5, 5.41) is 21.4. The number of rotatable bonds is 1. The fourth-order valence-corrected chi connectivity index (χ4v) is 10.8. The lowest BCUT2D eigenvalue weighted by atomic mass is 9.36. The molecule has 0 amide bonds. The predicted molar refractivity (Wildman–Crippen MR) is 133 cm³/mol. The monoisotopic (exact) mass is 456 g/mol. The van der Waals surface area contributed by atoms with Gasteiger partial charge in [-0.3, -0.25) is 4.79 Å². The van der Waals surface area contributed by atoms with Gasteiger partial charge in [0.2, 0.25) is 0 Å². The molecule has 0 bridgehead atoms. The Morgan fingerprint density at radius 2 is 1.67 bits per heavy atom. The third kappa shape index (κ3) is 2.93. The highest BCUT2D eigenvalue weighted by atomic mass is 16.4. The van der Waals surface area contributed by atoms with Gasteiger partial charge in [-0.2, -0.15) is 0 Å². The molecule has 0 aromatic carbocycles. The Kier molecular flexibility index (Phi) is 5.31. The van der Waals surface area contributed by atoms with Gasteiger partial charge in [-0.15, -0.1) is 0 Å². The van der Waals surface area contributed by atoms with E-state index in [0.29, 0.717) is 35.5 Å². The molecular weight excluding hydrogens is 408 g/mol. The minimum Gasteiger partial charge on any atom is -0.481 e.